The highest BCUT2D eigenvalue weighted by atomic mass is 16.5. The minimum absolute atomic E-state index is 0. The maximum atomic E-state index is 13.8. The van der Waals surface area contributed by atoms with Gasteiger partial charge in [-0.05, 0) is 31.1 Å². The fourth-order valence-corrected chi connectivity index (χ4v) is 5.45. The number of alkyl carbamates (subject to hydrolysis) is 1. The topological polar surface area (TPSA) is 162 Å². The second kappa shape index (κ2) is 15.8. The molecule has 0 spiro atoms. The number of aliphatic imine (C=N–C) groups is 1. The summed E-state index contributed by atoms with van der Waals surface area (Å²) in [6, 6.07) is 1.59. The first kappa shape index (κ1) is 31.6. The van der Waals surface area contributed by atoms with Gasteiger partial charge in [0.25, 0.3) is 0 Å². The van der Waals surface area contributed by atoms with Crippen molar-refractivity contribution in [2.45, 2.75) is 83.2 Å². The number of morpholine rings is 1. The summed E-state index contributed by atoms with van der Waals surface area (Å²) in [4.78, 5) is 46.5. The van der Waals surface area contributed by atoms with Crippen LogP contribution in [0.15, 0.2) is 4.99 Å². The number of piperidine rings is 1. The summed E-state index contributed by atoms with van der Waals surface area (Å²) in [5.74, 6) is 0.178. The van der Waals surface area contributed by atoms with Gasteiger partial charge in [-0.15, -0.1) is 0 Å². The van der Waals surface area contributed by atoms with Crippen LogP contribution in [0.1, 0.15) is 73.1 Å². The maximum absolute atomic E-state index is 13.8. The molecule has 0 bridgehead atoms. The van der Waals surface area contributed by atoms with Gasteiger partial charge in [0.05, 0.1) is 25.9 Å². The number of rotatable bonds is 10. The van der Waals surface area contributed by atoms with Gasteiger partial charge in [-0.2, -0.15) is 5.26 Å². The number of nitrogens with two attached hydrogens (primary N) is 1. The predicted octanol–water partition coefficient (Wildman–Crippen LogP) is 1.99. The predicted molar refractivity (Wildman–Crippen MR) is 152 cm³/mol. The SMILES string of the molecule is CC(C)COC(=O)NC(=N[C@@H](CC1CCCCC1)C(=O)NC1(C#N)CCN(CCC(N)=O)CC1)N1CCOCC1.[HH]. The van der Waals surface area contributed by atoms with E-state index in [1.807, 2.05) is 18.7 Å². The minimum Gasteiger partial charge on any atom is -0.449 e. The first-order valence-electron chi connectivity index (χ1n) is 14.8. The Kier molecular flexibility index (Phi) is 12.5. The Labute approximate surface area is 239 Å². The van der Waals surface area contributed by atoms with Crippen molar-refractivity contribution in [1.29, 1.82) is 5.26 Å². The molecule has 1 atom stereocenters. The maximum Gasteiger partial charge on any atom is 0.413 e. The van der Waals surface area contributed by atoms with E-state index < -0.39 is 17.7 Å². The van der Waals surface area contributed by atoms with Crippen molar-refractivity contribution in [2.24, 2.45) is 22.6 Å². The molecule has 2 heterocycles. The molecule has 12 nitrogen and oxygen atoms in total. The second-order valence-corrected chi connectivity index (χ2v) is 11.7. The van der Waals surface area contributed by atoms with E-state index in [1.54, 1.807) is 0 Å². The van der Waals surface area contributed by atoms with Crippen molar-refractivity contribution in [3.8, 4) is 6.07 Å². The first-order chi connectivity index (χ1) is 19.2. The van der Waals surface area contributed by atoms with Crippen LogP contribution >= 0.6 is 0 Å². The molecule has 2 saturated heterocycles. The summed E-state index contributed by atoms with van der Waals surface area (Å²) in [7, 11) is 0. The zero-order valence-electron chi connectivity index (χ0n) is 24.2. The van der Waals surface area contributed by atoms with E-state index in [0.29, 0.717) is 77.1 Å². The molecule has 1 aliphatic carbocycles. The molecule has 4 N–H and O–H groups in total. The third kappa shape index (κ3) is 10.2. The molecule has 12 heteroatoms. The van der Waals surface area contributed by atoms with E-state index in [0.717, 1.165) is 25.7 Å². The molecule has 0 radical (unpaired) electrons. The molecule has 3 fully saturated rings. The molecule has 226 valence electrons. The summed E-state index contributed by atoms with van der Waals surface area (Å²) < 4.78 is 10.8. The molecule has 3 aliphatic rings. The molecule has 0 unspecified atom stereocenters. The number of nitriles is 1. The number of amides is 3. The van der Waals surface area contributed by atoms with Crippen LogP contribution in [0, 0.1) is 23.2 Å². The average molecular weight is 564 g/mol. The summed E-state index contributed by atoms with van der Waals surface area (Å²) in [6.07, 6.45) is 6.63. The van der Waals surface area contributed by atoms with Gasteiger partial charge >= 0.3 is 6.09 Å². The number of ether oxygens (including phenoxy) is 2. The van der Waals surface area contributed by atoms with Gasteiger partial charge in [0.2, 0.25) is 17.8 Å². The van der Waals surface area contributed by atoms with Crippen molar-refractivity contribution in [3.63, 3.8) is 0 Å². The van der Waals surface area contributed by atoms with E-state index in [9.17, 15) is 19.6 Å². The normalized spacial score (nSPS) is 21.4. The third-order valence-corrected chi connectivity index (χ3v) is 7.89. The molecule has 3 rings (SSSR count). The molecular formula is C28H49N7O5. The first-order valence-corrected chi connectivity index (χ1v) is 14.8. The standard InChI is InChI=1S/C28H47N7O5.H2/c1-21(2)19-40-27(38)32-26(35-14-16-39-17-15-35)31-23(18-22-6-4-3-5-7-22)25(37)33-28(20-29)9-12-34(13-10-28)11-8-24(30)36;/h21-23H,3-19H2,1-2H3,(H2,30,36)(H,33,37)(H,31,32,38);1H/t23-;/m0./s1. The van der Waals surface area contributed by atoms with Gasteiger partial charge in [-0.3, -0.25) is 14.9 Å². The zero-order valence-corrected chi connectivity index (χ0v) is 24.2. The van der Waals surface area contributed by atoms with E-state index in [-0.39, 0.29) is 32.2 Å². The summed E-state index contributed by atoms with van der Waals surface area (Å²) in [6.45, 7) is 7.95. The largest absolute Gasteiger partial charge is 0.449 e. The van der Waals surface area contributed by atoms with Crippen molar-refractivity contribution >= 4 is 23.9 Å². The Morgan fingerprint density at radius 2 is 1.82 bits per heavy atom. The lowest BCUT2D eigenvalue weighted by atomic mass is 9.84. The lowest BCUT2D eigenvalue weighted by molar-refractivity contribution is -0.124. The molecule has 0 aromatic carbocycles. The fourth-order valence-electron chi connectivity index (χ4n) is 5.45. The van der Waals surface area contributed by atoms with Crippen molar-refractivity contribution in [3.05, 3.63) is 0 Å². The zero-order chi connectivity index (χ0) is 29.0. The van der Waals surface area contributed by atoms with Crippen LogP contribution in [0.5, 0.6) is 0 Å². The molecule has 40 heavy (non-hydrogen) atoms. The minimum atomic E-state index is -1.01. The smallest absolute Gasteiger partial charge is 0.413 e. The van der Waals surface area contributed by atoms with Crippen LogP contribution in [0.25, 0.3) is 0 Å². The third-order valence-electron chi connectivity index (χ3n) is 7.89. The number of nitrogens with zero attached hydrogens (tertiary/aromatic N) is 4. The average Bonchev–Trinajstić information content (AvgIpc) is 2.96. The Morgan fingerprint density at radius 3 is 2.42 bits per heavy atom. The molecule has 0 aromatic rings. The second-order valence-electron chi connectivity index (χ2n) is 11.7. The van der Waals surface area contributed by atoms with Crippen molar-refractivity contribution in [1.82, 2.24) is 20.4 Å². The van der Waals surface area contributed by atoms with Crippen LogP contribution in [-0.4, -0.2) is 97.8 Å². The van der Waals surface area contributed by atoms with Crippen LogP contribution in [0.2, 0.25) is 0 Å². The molecule has 0 aromatic heterocycles. The molecule has 1 saturated carbocycles. The molecule has 3 amide bonds. The number of guanidine groups is 1. The molecule has 2 aliphatic heterocycles. The molecular weight excluding hydrogens is 514 g/mol. The van der Waals surface area contributed by atoms with Gasteiger partial charge in [-0.1, -0.05) is 46.0 Å². The number of likely N-dealkylation sites (tertiary alicyclic amines) is 1. The Morgan fingerprint density at radius 1 is 1.15 bits per heavy atom. The number of nitrogens with one attached hydrogen (secondary N) is 2. The van der Waals surface area contributed by atoms with Crippen molar-refractivity contribution in [2.75, 3.05) is 52.5 Å². The van der Waals surface area contributed by atoms with E-state index >= 15 is 0 Å². The highest BCUT2D eigenvalue weighted by Crippen LogP contribution is 2.29. The van der Waals surface area contributed by atoms with Crippen LogP contribution in [0.4, 0.5) is 4.79 Å². The Hall–Kier alpha value is -2.91. The number of carbonyl (C=O) groups excluding carboxylic acids is 3. The quantitative estimate of drug-likeness (QED) is 0.268. The number of hydrogen-bond acceptors (Lipinski definition) is 8. The van der Waals surface area contributed by atoms with Gasteiger partial charge in [-0.25, -0.2) is 9.79 Å². The van der Waals surface area contributed by atoms with E-state index in [2.05, 4.69) is 21.6 Å². The Bertz CT molecular complexity index is 921. The van der Waals surface area contributed by atoms with Gasteiger partial charge in [0.1, 0.15) is 11.6 Å². The van der Waals surface area contributed by atoms with Crippen LogP contribution < -0.4 is 16.4 Å². The summed E-state index contributed by atoms with van der Waals surface area (Å²) in [5, 5.41) is 16.0. The van der Waals surface area contributed by atoms with Gasteiger partial charge in [0.15, 0.2) is 0 Å². The van der Waals surface area contributed by atoms with Crippen LogP contribution in [0.3, 0.4) is 0 Å². The summed E-state index contributed by atoms with van der Waals surface area (Å²) in [5.41, 5.74) is 4.28. The summed E-state index contributed by atoms with van der Waals surface area (Å²) >= 11 is 0. The number of hydrogen-bond donors (Lipinski definition) is 3. The van der Waals surface area contributed by atoms with E-state index in [1.165, 1.54) is 6.42 Å². The lowest BCUT2D eigenvalue weighted by Crippen LogP contribution is -2.57. The fraction of sp³-hybridized carbons (Fsp3) is 0.821. The lowest BCUT2D eigenvalue weighted by Gasteiger charge is -2.38. The number of carbonyl (C=O) groups is 3. The van der Waals surface area contributed by atoms with Crippen LogP contribution in [-0.2, 0) is 19.1 Å². The highest BCUT2D eigenvalue weighted by molar-refractivity contribution is 5.96. The van der Waals surface area contributed by atoms with E-state index in [4.69, 9.17) is 20.2 Å². The highest BCUT2D eigenvalue weighted by Gasteiger charge is 2.38. The monoisotopic (exact) mass is 563 g/mol. The Balaban J connectivity index is 0.00000588. The van der Waals surface area contributed by atoms with Crippen molar-refractivity contribution < 1.29 is 25.3 Å². The van der Waals surface area contributed by atoms with Gasteiger partial charge in [0, 0.05) is 40.6 Å². The number of primary amides is 1. The van der Waals surface area contributed by atoms with Gasteiger partial charge < -0.3 is 30.3 Å².